The van der Waals surface area contributed by atoms with Crippen LogP contribution in [-0.2, 0) is 11.3 Å². The molecule has 1 aromatic heterocycles. The number of hydrogen-bond acceptors (Lipinski definition) is 4. The minimum atomic E-state index is -0.160. The Balaban J connectivity index is 1.48. The highest BCUT2D eigenvalue weighted by atomic mass is 16.5. The van der Waals surface area contributed by atoms with Crippen molar-refractivity contribution in [3.05, 3.63) is 42.5 Å². The summed E-state index contributed by atoms with van der Waals surface area (Å²) in [5.74, 6) is 1.49. The number of imidazole rings is 1. The van der Waals surface area contributed by atoms with E-state index in [2.05, 4.69) is 10.3 Å². The zero-order valence-corrected chi connectivity index (χ0v) is 15.0. The van der Waals surface area contributed by atoms with Crippen molar-refractivity contribution >= 4 is 17.6 Å². The second kappa shape index (κ2) is 7.90. The van der Waals surface area contributed by atoms with Crippen molar-refractivity contribution in [1.29, 1.82) is 0 Å². The van der Waals surface area contributed by atoms with Crippen molar-refractivity contribution in [1.82, 2.24) is 19.8 Å². The maximum atomic E-state index is 12.5. The van der Waals surface area contributed by atoms with Gasteiger partial charge in [0.15, 0.2) is 0 Å². The number of hydrogen-bond donors (Lipinski definition) is 1. The van der Waals surface area contributed by atoms with Crippen molar-refractivity contribution in [2.45, 2.75) is 13.5 Å². The summed E-state index contributed by atoms with van der Waals surface area (Å²) in [4.78, 5) is 32.0. The van der Waals surface area contributed by atoms with E-state index in [1.807, 2.05) is 42.0 Å². The highest BCUT2D eigenvalue weighted by Gasteiger charge is 2.30. The van der Waals surface area contributed by atoms with Crippen LogP contribution in [0, 0.1) is 6.92 Å². The van der Waals surface area contributed by atoms with E-state index in [1.165, 1.54) is 0 Å². The molecule has 0 unspecified atom stereocenters. The van der Waals surface area contributed by atoms with Gasteiger partial charge in [-0.3, -0.25) is 9.69 Å². The van der Waals surface area contributed by atoms with Crippen LogP contribution in [0.4, 0.5) is 10.5 Å². The summed E-state index contributed by atoms with van der Waals surface area (Å²) in [6.07, 6.45) is 3.60. The molecule has 8 heteroatoms. The number of anilines is 1. The molecule has 3 rings (SSSR count). The first-order chi connectivity index (χ1) is 12.6. The number of nitrogens with zero attached hydrogens (tertiary/aromatic N) is 4. The van der Waals surface area contributed by atoms with E-state index in [-0.39, 0.29) is 18.5 Å². The van der Waals surface area contributed by atoms with Gasteiger partial charge >= 0.3 is 6.03 Å². The van der Waals surface area contributed by atoms with E-state index in [1.54, 1.807) is 23.1 Å². The number of rotatable bonds is 7. The van der Waals surface area contributed by atoms with Crippen molar-refractivity contribution in [3.8, 4) is 5.75 Å². The van der Waals surface area contributed by atoms with Crippen LogP contribution in [-0.4, -0.2) is 59.7 Å². The molecule has 0 spiro atoms. The lowest BCUT2D eigenvalue weighted by Gasteiger charge is -2.18. The van der Waals surface area contributed by atoms with Crippen LogP contribution in [0.15, 0.2) is 36.7 Å². The van der Waals surface area contributed by atoms with E-state index in [9.17, 15) is 9.59 Å². The standard InChI is InChI=1S/C18H23N5O3/c1-14-19-7-9-21(14)10-8-20-17(24)13-22-11-12-23(18(22)25)15-3-5-16(26-2)6-4-15/h3-7,9H,8,10-13H2,1-2H3,(H,20,24). The first-order valence-electron chi connectivity index (χ1n) is 8.53. The molecule has 8 nitrogen and oxygen atoms in total. The Bertz CT molecular complexity index is 771. The lowest BCUT2D eigenvalue weighted by Crippen LogP contribution is -2.40. The molecule has 1 aliphatic heterocycles. The van der Waals surface area contributed by atoms with E-state index in [0.717, 1.165) is 17.3 Å². The quantitative estimate of drug-likeness (QED) is 0.809. The number of aryl methyl sites for hydroxylation is 1. The third-order valence-electron chi connectivity index (χ3n) is 4.41. The number of amides is 3. The summed E-state index contributed by atoms with van der Waals surface area (Å²) < 4.78 is 7.10. The number of methoxy groups -OCH3 is 1. The molecule has 0 aliphatic carbocycles. The maximum absolute atomic E-state index is 12.5. The Morgan fingerprint density at radius 2 is 2.04 bits per heavy atom. The van der Waals surface area contributed by atoms with Gasteiger partial charge in [-0.2, -0.15) is 0 Å². The van der Waals surface area contributed by atoms with E-state index in [4.69, 9.17) is 4.74 Å². The number of urea groups is 1. The Kier molecular flexibility index (Phi) is 5.40. The largest absolute Gasteiger partial charge is 0.497 e. The highest BCUT2D eigenvalue weighted by molar-refractivity contribution is 5.96. The second-order valence-electron chi connectivity index (χ2n) is 6.07. The van der Waals surface area contributed by atoms with Gasteiger partial charge in [-0.25, -0.2) is 9.78 Å². The molecule has 3 amide bonds. The predicted octanol–water partition coefficient (Wildman–Crippen LogP) is 1.26. The number of ether oxygens (including phenoxy) is 1. The van der Waals surface area contributed by atoms with E-state index >= 15 is 0 Å². The molecule has 2 aromatic rings. The van der Waals surface area contributed by atoms with Gasteiger partial charge in [0.2, 0.25) is 5.91 Å². The minimum Gasteiger partial charge on any atom is -0.497 e. The van der Waals surface area contributed by atoms with Crippen LogP contribution in [0.2, 0.25) is 0 Å². The Hall–Kier alpha value is -3.03. The molecule has 0 bridgehead atoms. The van der Waals surface area contributed by atoms with Gasteiger partial charge < -0.3 is 19.5 Å². The number of carbonyl (C=O) groups excluding carboxylic acids is 2. The lowest BCUT2D eigenvalue weighted by atomic mass is 10.3. The molecule has 0 saturated carbocycles. The highest BCUT2D eigenvalue weighted by Crippen LogP contribution is 2.22. The van der Waals surface area contributed by atoms with E-state index < -0.39 is 0 Å². The average molecular weight is 357 g/mol. The third kappa shape index (κ3) is 3.96. The van der Waals surface area contributed by atoms with Gasteiger partial charge in [0.25, 0.3) is 0 Å². The molecule has 138 valence electrons. The molecule has 1 aromatic carbocycles. The van der Waals surface area contributed by atoms with Gasteiger partial charge in [-0.1, -0.05) is 0 Å². The Morgan fingerprint density at radius 3 is 2.69 bits per heavy atom. The van der Waals surface area contributed by atoms with E-state index in [0.29, 0.717) is 26.2 Å². The first-order valence-corrected chi connectivity index (χ1v) is 8.53. The third-order valence-corrected chi connectivity index (χ3v) is 4.41. The van der Waals surface area contributed by atoms with Crippen molar-refractivity contribution in [2.75, 3.05) is 38.2 Å². The number of carbonyl (C=O) groups is 2. The zero-order chi connectivity index (χ0) is 18.5. The minimum absolute atomic E-state index is 0.0639. The normalized spacial score (nSPS) is 14.0. The first kappa shape index (κ1) is 17.8. The van der Waals surface area contributed by atoms with Crippen LogP contribution in [0.1, 0.15) is 5.82 Å². The van der Waals surface area contributed by atoms with Crippen LogP contribution >= 0.6 is 0 Å². The fourth-order valence-electron chi connectivity index (χ4n) is 2.92. The molecule has 26 heavy (non-hydrogen) atoms. The molecule has 2 heterocycles. The second-order valence-corrected chi connectivity index (χ2v) is 6.07. The topological polar surface area (TPSA) is 79.7 Å². The molecule has 1 saturated heterocycles. The summed E-state index contributed by atoms with van der Waals surface area (Å²) in [6, 6.07) is 7.16. The number of nitrogens with one attached hydrogen (secondary N) is 1. The lowest BCUT2D eigenvalue weighted by molar-refractivity contribution is -0.121. The summed E-state index contributed by atoms with van der Waals surface area (Å²) >= 11 is 0. The summed E-state index contributed by atoms with van der Waals surface area (Å²) in [6.45, 7) is 4.22. The molecule has 0 radical (unpaired) electrons. The molecular weight excluding hydrogens is 334 g/mol. The zero-order valence-electron chi connectivity index (χ0n) is 15.0. The van der Waals surface area contributed by atoms with Crippen molar-refractivity contribution in [2.24, 2.45) is 0 Å². The SMILES string of the molecule is COc1ccc(N2CCN(CC(=O)NCCn3ccnc3C)C2=O)cc1. The Morgan fingerprint density at radius 1 is 1.27 bits per heavy atom. The molecule has 1 fully saturated rings. The van der Waals surface area contributed by atoms with Gasteiger partial charge in [0.1, 0.15) is 18.1 Å². The average Bonchev–Trinajstić information content (AvgIpc) is 3.21. The fourth-order valence-corrected chi connectivity index (χ4v) is 2.92. The maximum Gasteiger partial charge on any atom is 0.325 e. The summed E-state index contributed by atoms with van der Waals surface area (Å²) in [5, 5.41) is 2.85. The van der Waals surface area contributed by atoms with Gasteiger partial charge in [-0.05, 0) is 31.2 Å². The van der Waals surface area contributed by atoms with Crippen molar-refractivity contribution < 1.29 is 14.3 Å². The van der Waals surface area contributed by atoms with Gasteiger partial charge in [-0.15, -0.1) is 0 Å². The number of benzene rings is 1. The molecule has 1 N–H and O–H groups in total. The molecule has 1 aliphatic rings. The molecular formula is C18H23N5O3. The number of aromatic nitrogens is 2. The van der Waals surface area contributed by atoms with Crippen LogP contribution < -0.4 is 15.0 Å². The smallest absolute Gasteiger partial charge is 0.325 e. The van der Waals surface area contributed by atoms with Crippen LogP contribution in [0.3, 0.4) is 0 Å². The summed E-state index contributed by atoms with van der Waals surface area (Å²) in [7, 11) is 1.60. The van der Waals surface area contributed by atoms with Gasteiger partial charge in [0.05, 0.1) is 7.11 Å². The summed E-state index contributed by atoms with van der Waals surface area (Å²) in [5.41, 5.74) is 0.800. The predicted molar refractivity (Wildman–Crippen MR) is 97.3 cm³/mol. The van der Waals surface area contributed by atoms with Crippen LogP contribution in [0.25, 0.3) is 0 Å². The van der Waals surface area contributed by atoms with Crippen molar-refractivity contribution in [3.63, 3.8) is 0 Å². The Labute approximate surface area is 152 Å². The molecule has 0 atom stereocenters. The fraction of sp³-hybridized carbons (Fsp3) is 0.389. The monoisotopic (exact) mass is 357 g/mol. The van der Waals surface area contributed by atoms with Crippen LogP contribution in [0.5, 0.6) is 5.75 Å². The van der Waals surface area contributed by atoms with Gasteiger partial charge in [0, 0.05) is 44.3 Å².